The number of carbonyl (C=O) groups excluding carboxylic acids is 2. The van der Waals surface area contributed by atoms with Gasteiger partial charge in [0.25, 0.3) is 0 Å². The van der Waals surface area contributed by atoms with Gasteiger partial charge in [-0.05, 0) is 54.8 Å². The maximum absolute atomic E-state index is 13.4. The number of aromatic nitrogens is 1. The van der Waals surface area contributed by atoms with Crippen molar-refractivity contribution in [3.8, 4) is 0 Å². The van der Waals surface area contributed by atoms with Gasteiger partial charge in [0.1, 0.15) is 6.54 Å². The minimum absolute atomic E-state index is 0.0467. The molecule has 3 aromatic rings. The number of alkyl halides is 3. The molecule has 2 aromatic carbocycles. The van der Waals surface area contributed by atoms with Crippen LogP contribution in [0.25, 0.3) is 6.08 Å². The predicted octanol–water partition coefficient (Wildman–Crippen LogP) is 6.64. The second-order valence-electron chi connectivity index (χ2n) is 9.44. The number of amides is 2. The molecular formula is C31H36F3N3O2. The van der Waals surface area contributed by atoms with Crippen molar-refractivity contribution in [1.82, 2.24) is 14.4 Å². The van der Waals surface area contributed by atoms with E-state index in [1.807, 2.05) is 54.0 Å². The number of benzene rings is 2. The third-order valence-corrected chi connectivity index (χ3v) is 6.51. The molecule has 0 radical (unpaired) electrons. The smallest absolute Gasteiger partial charge is 0.345 e. The van der Waals surface area contributed by atoms with E-state index in [0.717, 1.165) is 42.7 Å². The fourth-order valence-corrected chi connectivity index (χ4v) is 4.28. The van der Waals surface area contributed by atoms with Crippen LogP contribution in [0.2, 0.25) is 0 Å². The standard InChI is InChI=1S/C31H36F3N3O2/c1-3-5-9-19-37(30(39)24-35(4-2)29(38)18-17-25-12-7-6-8-13-25)23-28-16-11-20-36(28)22-26-14-10-15-27(21-26)31(32,33)34/h6-8,10-18,20-21H,3-5,9,19,22-24H2,1-2H3/b18-17+. The lowest BCUT2D eigenvalue weighted by molar-refractivity contribution is -0.138. The molecule has 0 saturated carbocycles. The van der Waals surface area contributed by atoms with Crippen LogP contribution in [0.4, 0.5) is 13.2 Å². The van der Waals surface area contributed by atoms with E-state index in [2.05, 4.69) is 6.92 Å². The van der Waals surface area contributed by atoms with Crippen LogP contribution in [0.1, 0.15) is 55.5 Å². The van der Waals surface area contributed by atoms with E-state index in [0.29, 0.717) is 25.2 Å². The molecule has 0 atom stereocenters. The number of likely N-dealkylation sites (N-methyl/N-ethyl adjacent to an activating group) is 1. The Balaban J connectivity index is 1.72. The monoisotopic (exact) mass is 539 g/mol. The Bertz CT molecular complexity index is 1240. The zero-order chi connectivity index (χ0) is 28.3. The molecule has 0 bridgehead atoms. The summed E-state index contributed by atoms with van der Waals surface area (Å²) in [4.78, 5) is 29.5. The molecular weight excluding hydrogens is 503 g/mol. The van der Waals surface area contributed by atoms with Crippen LogP contribution < -0.4 is 0 Å². The summed E-state index contributed by atoms with van der Waals surface area (Å²) in [7, 11) is 0. The van der Waals surface area contributed by atoms with E-state index in [-0.39, 0.29) is 24.9 Å². The Hall–Kier alpha value is -3.81. The lowest BCUT2D eigenvalue weighted by Gasteiger charge is -2.27. The van der Waals surface area contributed by atoms with E-state index in [9.17, 15) is 22.8 Å². The number of hydrogen-bond donors (Lipinski definition) is 0. The topological polar surface area (TPSA) is 45.6 Å². The fourth-order valence-electron chi connectivity index (χ4n) is 4.28. The molecule has 8 heteroatoms. The van der Waals surface area contributed by atoms with Crippen LogP contribution >= 0.6 is 0 Å². The van der Waals surface area contributed by atoms with Crippen molar-refractivity contribution in [1.29, 1.82) is 0 Å². The summed E-state index contributed by atoms with van der Waals surface area (Å²) < 4.78 is 41.4. The quantitative estimate of drug-likeness (QED) is 0.181. The second kappa shape index (κ2) is 14.4. The molecule has 2 amide bonds. The van der Waals surface area contributed by atoms with Crippen LogP contribution in [0.5, 0.6) is 0 Å². The highest BCUT2D eigenvalue weighted by Crippen LogP contribution is 2.29. The van der Waals surface area contributed by atoms with Crippen LogP contribution in [0, 0.1) is 0 Å². The average molecular weight is 540 g/mol. The number of unbranched alkanes of at least 4 members (excludes halogenated alkanes) is 2. The number of rotatable bonds is 13. The summed E-state index contributed by atoms with van der Waals surface area (Å²) in [5, 5.41) is 0. The van der Waals surface area contributed by atoms with E-state index < -0.39 is 11.7 Å². The molecule has 0 fully saturated rings. The Morgan fingerprint density at radius 2 is 1.69 bits per heavy atom. The van der Waals surface area contributed by atoms with Crippen LogP contribution in [-0.4, -0.2) is 45.8 Å². The van der Waals surface area contributed by atoms with Gasteiger partial charge in [-0.1, -0.05) is 62.2 Å². The first-order valence-corrected chi connectivity index (χ1v) is 13.3. The van der Waals surface area contributed by atoms with Crippen molar-refractivity contribution in [3.63, 3.8) is 0 Å². The maximum atomic E-state index is 13.4. The highest BCUT2D eigenvalue weighted by molar-refractivity contribution is 5.94. The summed E-state index contributed by atoms with van der Waals surface area (Å²) in [5.41, 5.74) is 1.56. The van der Waals surface area contributed by atoms with Gasteiger partial charge in [0.15, 0.2) is 0 Å². The Morgan fingerprint density at radius 3 is 2.38 bits per heavy atom. The van der Waals surface area contributed by atoms with Crippen molar-refractivity contribution >= 4 is 17.9 Å². The third-order valence-electron chi connectivity index (χ3n) is 6.51. The van der Waals surface area contributed by atoms with E-state index in [1.54, 1.807) is 23.2 Å². The van der Waals surface area contributed by atoms with E-state index in [4.69, 9.17) is 0 Å². The van der Waals surface area contributed by atoms with Gasteiger partial charge < -0.3 is 14.4 Å². The molecule has 39 heavy (non-hydrogen) atoms. The molecule has 208 valence electrons. The molecule has 0 saturated heterocycles. The zero-order valence-corrected chi connectivity index (χ0v) is 22.5. The highest BCUT2D eigenvalue weighted by atomic mass is 19.4. The van der Waals surface area contributed by atoms with Gasteiger partial charge in [-0.25, -0.2) is 0 Å². The van der Waals surface area contributed by atoms with Crippen molar-refractivity contribution in [2.75, 3.05) is 19.6 Å². The van der Waals surface area contributed by atoms with Crippen molar-refractivity contribution in [3.05, 3.63) is 101 Å². The average Bonchev–Trinajstić information content (AvgIpc) is 3.36. The molecule has 0 spiro atoms. The van der Waals surface area contributed by atoms with E-state index in [1.165, 1.54) is 17.0 Å². The third kappa shape index (κ3) is 9.16. The van der Waals surface area contributed by atoms with Gasteiger partial charge in [0, 0.05) is 37.6 Å². The van der Waals surface area contributed by atoms with Gasteiger partial charge in [0.2, 0.25) is 11.8 Å². The van der Waals surface area contributed by atoms with Crippen LogP contribution in [0.3, 0.4) is 0 Å². The minimum atomic E-state index is -4.41. The number of carbonyl (C=O) groups is 2. The predicted molar refractivity (Wildman–Crippen MR) is 148 cm³/mol. The van der Waals surface area contributed by atoms with Crippen molar-refractivity contribution in [2.45, 2.75) is 52.4 Å². The summed E-state index contributed by atoms with van der Waals surface area (Å²) in [5.74, 6) is -0.405. The number of hydrogen-bond acceptors (Lipinski definition) is 2. The van der Waals surface area contributed by atoms with Crippen LogP contribution in [-0.2, 0) is 28.9 Å². The molecule has 1 aromatic heterocycles. The Morgan fingerprint density at radius 1 is 0.923 bits per heavy atom. The molecule has 0 aliphatic carbocycles. The molecule has 0 aliphatic rings. The normalized spacial score (nSPS) is 11.6. The summed E-state index contributed by atoms with van der Waals surface area (Å²) >= 11 is 0. The number of nitrogens with zero attached hydrogens (tertiary/aromatic N) is 3. The lowest BCUT2D eigenvalue weighted by atomic mass is 10.1. The van der Waals surface area contributed by atoms with Gasteiger partial charge >= 0.3 is 6.18 Å². The molecule has 5 nitrogen and oxygen atoms in total. The SMILES string of the molecule is CCCCCN(Cc1cccn1Cc1cccc(C(F)(F)F)c1)C(=O)CN(CC)C(=O)/C=C/c1ccccc1. The Labute approximate surface area is 228 Å². The zero-order valence-electron chi connectivity index (χ0n) is 22.5. The highest BCUT2D eigenvalue weighted by Gasteiger charge is 2.30. The largest absolute Gasteiger partial charge is 0.416 e. The first-order valence-electron chi connectivity index (χ1n) is 13.3. The van der Waals surface area contributed by atoms with Gasteiger partial charge in [0.05, 0.1) is 12.1 Å². The van der Waals surface area contributed by atoms with Gasteiger partial charge in [-0.15, -0.1) is 0 Å². The summed E-state index contributed by atoms with van der Waals surface area (Å²) in [6.07, 6.45) is 3.40. The van der Waals surface area contributed by atoms with Gasteiger partial charge in [-0.2, -0.15) is 13.2 Å². The van der Waals surface area contributed by atoms with Crippen molar-refractivity contribution < 1.29 is 22.8 Å². The summed E-state index contributed by atoms with van der Waals surface area (Å²) in [6, 6.07) is 18.5. The lowest BCUT2D eigenvalue weighted by Crippen LogP contribution is -2.42. The minimum Gasteiger partial charge on any atom is -0.345 e. The fraction of sp³-hybridized carbons (Fsp3) is 0.355. The maximum Gasteiger partial charge on any atom is 0.416 e. The molecule has 3 rings (SSSR count). The molecule has 1 heterocycles. The first-order chi connectivity index (χ1) is 18.7. The molecule has 0 aliphatic heterocycles. The second-order valence-corrected chi connectivity index (χ2v) is 9.44. The summed E-state index contributed by atoms with van der Waals surface area (Å²) in [6.45, 7) is 5.36. The first kappa shape index (κ1) is 29.7. The van der Waals surface area contributed by atoms with Gasteiger partial charge in [-0.3, -0.25) is 9.59 Å². The Kier molecular flexibility index (Phi) is 11.0. The molecule has 0 N–H and O–H groups in total. The number of halogens is 3. The molecule has 0 unspecified atom stereocenters. The van der Waals surface area contributed by atoms with Crippen LogP contribution in [0.15, 0.2) is 79.0 Å². The van der Waals surface area contributed by atoms with E-state index >= 15 is 0 Å². The van der Waals surface area contributed by atoms with Crippen molar-refractivity contribution in [2.24, 2.45) is 0 Å².